The molecule has 0 spiro atoms. The Morgan fingerprint density at radius 2 is 2.23 bits per heavy atom. The Morgan fingerprint density at radius 1 is 1.46 bits per heavy atom. The average molecular weight is 182 g/mol. The van der Waals surface area contributed by atoms with Crippen molar-refractivity contribution in [3.8, 4) is 0 Å². The van der Waals surface area contributed by atoms with Crippen LogP contribution >= 0.6 is 0 Å². The van der Waals surface area contributed by atoms with Gasteiger partial charge < -0.3 is 14.9 Å². The lowest BCUT2D eigenvalue weighted by Crippen LogP contribution is -2.16. The number of nitrogens with one attached hydrogen (secondary N) is 1. The van der Waals surface area contributed by atoms with Crippen LogP contribution in [0.2, 0.25) is 0 Å². The van der Waals surface area contributed by atoms with E-state index in [1.165, 1.54) is 0 Å². The van der Waals surface area contributed by atoms with Gasteiger partial charge in [0.15, 0.2) is 0 Å². The van der Waals surface area contributed by atoms with Gasteiger partial charge in [-0.25, -0.2) is 4.79 Å². The van der Waals surface area contributed by atoms with Crippen LogP contribution in [0.4, 0.5) is 0 Å². The third-order valence-electron chi connectivity index (χ3n) is 2.15. The van der Waals surface area contributed by atoms with Gasteiger partial charge >= 0.3 is 5.97 Å². The van der Waals surface area contributed by atoms with E-state index in [1.54, 1.807) is 0 Å². The molecule has 0 saturated heterocycles. The molecule has 5 heteroatoms. The zero-order chi connectivity index (χ0) is 9.26. The van der Waals surface area contributed by atoms with E-state index >= 15 is 0 Å². The summed E-state index contributed by atoms with van der Waals surface area (Å²) in [6.45, 7) is 1.62. The van der Waals surface area contributed by atoms with Crippen LogP contribution in [-0.4, -0.2) is 29.3 Å². The molecule has 13 heavy (non-hydrogen) atoms. The predicted molar refractivity (Wildman–Crippen MR) is 43.7 cm³/mol. The standard InChI is InChI=1S/C8H10N2O3/c11-8(12)7-5-1-3-9-4-2-6(5)10-13-7/h9H,1-4H2,(H,11,12). The summed E-state index contributed by atoms with van der Waals surface area (Å²) < 4.78 is 4.76. The van der Waals surface area contributed by atoms with Gasteiger partial charge in [-0.2, -0.15) is 0 Å². The molecule has 70 valence electrons. The predicted octanol–water partition coefficient (Wildman–Crippen LogP) is 0.0610. The highest BCUT2D eigenvalue weighted by Crippen LogP contribution is 2.16. The quantitative estimate of drug-likeness (QED) is 0.642. The van der Waals surface area contributed by atoms with Crippen molar-refractivity contribution in [1.82, 2.24) is 10.5 Å². The first-order valence-corrected chi connectivity index (χ1v) is 4.20. The van der Waals surface area contributed by atoms with Crippen molar-refractivity contribution in [2.24, 2.45) is 0 Å². The van der Waals surface area contributed by atoms with E-state index in [4.69, 9.17) is 9.63 Å². The van der Waals surface area contributed by atoms with Crippen LogP contribution in [0.1, 0.15) is 21.8 Å². The van der Waals surface area contributed by atoms with Gasteiger partial charge in [-0.3, -0.25) is 0 Å². The number of rotatable bonds is 1. The van der Waals surface area contributed by atoms with E-state index in [0.29, 0.717) is 6.42 Å². The minimum atomic E-state index is -1.03. The highest BCUT2D eigenvalue weighted by Gasteiger charge is 2.22. The van der Waals surface area contributed by atoms with E-state index in [1.807, 2.05) is 0 Å². The summed E-state index contributed by atoms with van der Waals surface area (Å²) in [7, 11) is 0. The number of fused-ring (bicyclic) bond motifs is 1. The molecule has 0 bridgehead atoms. The SMILES string of the molecule is O=C(O)c1onc2c1CCNCC2. The number of hydrogen-bond acceptors (Lipinski definition) is 4. The first-order valence-electron chi connectivity index (χ1n) is 4.20. The molecular formula is C8H10N2O3. The molecule has 0 fully saturated rings. The lowest BCUT2D eigenvalue weighted by atomic mass is 10.1. The largest absolute Gasteiger partial charge is 0.475 e. The minimum absolute atomic E-state index is 0.00120. The maximum atomic E-state index is 10.7. The van der Waals surface area contributed by atoms with Crippen molar-refractivity contribution in [2.75, 3.05) is 13.1 Å². The van der Waals surface area contributed by atoms with E-state index in [0.717, 1.165) is 30.8 Å². The second-order valence-corrected chi connectivity index (χ2v) is 2.99. The summed E-state index contributed by atoms with van der Waals surface area (Å²) in [6.07, 6.45) is 1.42. The van der Waals surface area contributed by atoms with Crippen LogP contribution < -0.4 is 5.32 Å². The highest BCUT2D eigenvalue weighted by molar-refractivity contribution is 5.86. The van der Waals surface area contributed by atoms with Gasteiger partial charge in [0.1, 0.15) is 0 Å². The maximum absolute atomic E-state index is 10.7. The monoisotopic (exact) mass is 182 g/mol. The number of aromatic nitrogens is 1. The van der Waals surface area contributed by atoms with Gasteiger partial charge in [-0.15, -0.1) is 0 Å². The number of carboxylic acid groups (broad SMARTS) is 1. The molecule has 2 rings (SSSR count). The molecule has 0 atom stereocenters. The Labute approximate surface area is 74.7 Å². The van der Waals surface area contributed by atoms with E-state index in [2.05, 4.69) is 10.5 Å². The summed E-state index contributed by atoms with van der Waals surface area (Å²) in [5.41, 5.74) is 1.53. The first kappa shape index (κ1) is 8.25. The number of carboxylic acids is 1. The van der Waals surface area contributed by atoms with Gasteiger partial charge in [-0.05, 0) is 13.0 Å². The minimum Gasteiger partial charge on any atom is -0.475 e. The third-order valence-corrected chi connectivity index (χ3v) is 2.15. The summed E-state index contributed by atoms with van der Waals surface area (Å²) in [4.78, 5) is 10.7. The molecule has 2 heterocycles. The molecule has 1 aromatic rings. The van der Waals surface area contributed by atoms with Gasteiger partial charge in [0.2, 0.25) is 5.76 Å². The van der Waals surface area contributed by atoms with Gasteiger partial charge in [0, 0.05) is 18.5 Å². The fraction of sp³-hybridized carbons (Fsp3) is 0.500. The molecule has 0 aromatic carbocycles. The topological polar surface area (TPSA) is 75.4 Å². The molecule has 1 aliphatic rings. The molecular weight excluding hydrogens is 172 g/mol. The van der Waals surface area contributed by atoms with E-state index in [-0.39, 0.29) is 5.76 Å². The summed E-state index contributed by atoms with van der Waals surface area (Å²) in [5.74, 6) is -1.03. The second-order valence-electron chi connectivity index (χ2n) is 2.99. The van der Waals surface area contributed by atoms with Crippen molar-refractivity contribution in [3.05, 3.63) is 17.0 Å². The Morgan fingerprint density at radius 3 is 3.00 bits per heavy atom. The smallest absolute Gasteiger partial charge is 0.375 e. The Balaban J connectivity index is 2.39. The number of aromatic carboxylic acids is 1. The van der Waals surface area contributed by atoms with Gasteiger partial charge in [-0.1, -0.05) is 5.16 Å². The first-order chi connectivity index (χ1) is 6.29. The van der Waals surface area contributed by atoms with Crippen LogP contribution in [-0.2, 0) is 12.8 Å². The van der Waals surface area contributed by atoms with Crippen LogP contribution in [0.5, 0.6) is 0 Å². The molecule has 0 unspecified atom stereocenters. The number of hydrogen-bond donors (Lipinski definition) is 2. The lowest BCUT2D eigenvalue weighted by Gasteiger charge is -1.95. The molecule has 2 N–H and O–H groups in total. The second kappa shape index (κ2) is 3.18. The van der Waals surface area contributed by atoms with Crippen molar-refractivity contribution in [1.29, 1.82) is 0 Å². The Kier molecular flexibility index (Phi) is 2.02. The van der Waals surface area contributed by atoms with Gasteiger partial charge in [0.25, 0.3) is 0 Å². The summed E-state index contributed by atoms with van der Waals surface area (Å²) >= 11 is 0. The van der Waals surface area contributed by atoms with Gasteiger partial charge in [0.05, 0.1) is 5.69 Å². The van der Waals surface area contributed by atoms with Crippen LogP contribution in [0, 0.1) is 0 Å². The molecule has 1 aliphatic heterocycles. The van der Waals surface area contributed by atoms with Crippen molar-refractivity contribution >= 4 is 5.97 Å². The van der Waals surface area contributed by atoms with Crippen LogP contribution in [0.25, 0.3) is 0 Å². The van der Waals surface area contributed by atoms with Crippen LogP contribution in [0.15, 0.2) is 4.52 Å². The number of carbonyl (C=O) groups is 1. The van der Waals surface area contributed by atoms with E-state index < -0.39 is 5.97 Å². The molecule has 1 aromatic heterocycles. The average Bonchev–Trinajstić information content (AvgIpc) is 2.36. The lowest BCUT2D eigenvalue weighted by molar-refractivity contribution is 0.0650. The Hall–Kier alpha value is -1.36. The Bertz CT molecular complexity index is 332. The van der Waals surface area contributed by atoms with E-state index in [9.17, 15) is 4.79 Å². The molecule has 0 saturated carbocycles. The van der Waals surface area contributed by atoms with Crippen LogP contribution in [0.3, 0.4) is 0 Å². The third kappa shape index (κ3) is 1.42. The maximum Gasteiger partial charge on any atom is 0.375 e. The molecule has 0 radical (unpaired) electrons. The normalized spacial score (nSPS) is 16.3. The number of nitrogens with zero attached hydrogens (tertiary/aromatic N) is 1. The summed E-state index contributed by atoms with van der Waals surface area (Å²) in [6, 6.07) is 0. The fourth-order valence-electron chi connectivity index (χ4n) is 1.51. The summed E-state index contributed by atoms with van der Waals surface area (Å²) in [5, 5.41) is 15.7. The molecule has 5 nitrogen and oxygen atoms in total. The zero-order valence-corrected chi connectivity index (χ0v) is 7.04. The fourth-order valence-corrected chi connectivity index (χ4v) is 1.51. The molecule has 0 aliphatic carbocycles. The molecule has 0 amide bonds. The van der Waals surface area contributed by atoms with Crippen molar-refractivity contribution in [2.45, 2.75) is 12.8 Å². The van der Waals surface area contributed by atoms with Crippen molar-refractivity contribution in [3.63, 3.8) is 0 Å². The van der Waals surface area contributed by atoms with Crippen molar-refractivity contribution < 1.29 is 14.4 Å². The highest BCUT2D eigenvalue weighted by atomic mass is 16.5. The zero-order valence-electron chi connectivity index (χ0n) is 7.04.